The molecule has 33 heavy (non-hydrogen) atoms. The lowest BCUT2D eigenvalue weighted by atomic mass is 10.1. The maximum absolute atomic E-state index is 11.9. The molecule has 2 heterocycles. The maximum Gasteiger partial charge on any atom is 0.220 e. The molecule has 2 aromatic carbocycles. The molecule has 1 amide bonds. The van der Waals surface area contributed by atoms with Crippen molar-refractivity contribution in [2.45, 2.75) is 64.2 Å². The molecule has 0 saturated heterocycles. The van der Waals surface area contributed by atoms with Gasteiger partial charge in [-0.1, -0.05) is 61.2 Å². The van der Waals surface area contributed by atoms with Crippen molar-refractivity contribution in [1.29, 1.82) is 0 Å². The van der Waals surface area contributed by atoms with E-state index >= 15 is 0 Å². The van der Waals surface area contributed by atoms with E-state index in [0.717, 1.165) is 53.6 Å². The second-order valence-electron chi connectivity index (χ2n) is 8.48. The summed E-state index contributed by atoms with van der Waals surface area (Å²) in [5, 5.41) is 13.7. The quantitative estimate of drug-likeness (QED) is 0.249. The van der Waals surface area contributed by atoms with E-state index in [2.05, 4.69) is 76.4 Å². The molecule has 4 rings (SSSR count). The minimum absolute atomic E-state index is 0.134. The number of unbranched alkanes of at least 4 members (excludes halogenated alkanes) is 1. The summed E-state index contributed by atoms with van der Waals surface area (Å²) in [7, 11) is 0. The molecule has 0 spiro atoms. The van der Waals surface area contributed by atoms with E-state index in [1.54, 1.807) is 11.8 Å². The normalized spacial score (nSPS) is 12.3. The van der Waals surface area contributed by atoms with Gasteiger partial charge >= 0.3 is 0 Å². The summed E-state index contributed by atoms with van der Waals surface area (Å²) in [5.41, 5.74) is 5.35. The van der Waals surface area contributed by atoms with Gasteiger partial charge in [0.1, 0.15) is 5.52 Å². The zero-order valence-corrected chi connectivity index (χ0v) is 20.4. The van der Waals surface area contributed by atoms with Crippen molar-refractivity contribution in [3.8, 4) is 0 Å². The number of aryl methyl sites for hydroxylation is 1. The van der Waals surface area contributed by atoms with Gasteiger partial charge in [0.15, 0.2) is 5.65 Å². The highest BCUT2D eigenvalue weighted by Crippen LogP contribution is 2.28. The number of hydrogen-bond acceptors (Lipinski definition) is 5. The van der Waals surface area contributed by atoms with Gasteiger partial charge in [-0.3, -0.25) is 4.79 Å². The van der Waals surface area contributed by atoms with Crippen LogP contribution in [0.3, 0.4) is 0 Å². The van der Waals surface area contributed by atoms with Gasteiger partial charge in [-0.2, -0.15) is 0 Å². The van der Waals surface area contributed by atoms with Crippen LogP contribution in [0.5, 0.6) is 0 Å². The first-order chi connectivity index (χ1) is 16.1. The number of amides is 1. The summed E-state index contributed by atoms with van der Waals surface area (Å²) in [6.45, 7) is 6.99. The molecule has 6 nitrogen and oxygen atoms in total. The summed E-state index contributed by atoms with van der Waals surface area (Å²) >= 11 is 1.60. The highest BCUT2D eigenvalue weighted by atomic mass is 32.2. The van der Waals surface area contributed by atoms with Crippen molar-refractivity contribution in [3.05, 3.63) is 59.7 Å². The summed E-state index contributed by atoms with van der Waals surface area (Å²) in [4.78, 5) is 16.8. The molecular formula is C26H31N5OS. The molecule has 0 saturated carbocycles. The number of thioether (sulfide) groups is 1. The summed E-state index contributed by atoms with van der Waals surface area (Å²) < 4.78 is 2.24. The smallest absolute Gasteiger partial charge is 0.220 e. The minimum Gasteiger partial charge on any atom is -0.354 e. The standard InChI is InChI=1S/C26H31N5OS/c1-4-19(3)27-23(32)15-9-10-16-33-26-28-25-24(29-30-26)21-13-7-8-14-22(21)31(25)17-20-12-6-5-11-18(20)2/h5-8,11-14,19H,4,9-10,15-17H2,1-3H3,(H,27,32). The van der Waals surface area contributed by atoms with Crippen molar-refractivity contribution < 1.29 is 4.79 Å². The van der Waals surface area contributed by atoms with Crippen LogP contribution in [-0.4, -0.2) is 37.5 Å². The molecule has 0 aliphatic carbocycles. The molecule has 2 aromatic heterocycles. The van der Waals surface area contributed by atoms with Crippen molar-refractivity contribution in [3.63, 3.8) is 0 Å². The van der Waals surface area contributed by atoms with Crippen LogP contribution in [0, 0.1) is 6.92 Å². The van der Waals surface area contributed by atoms with Crippen LogP contribution in [0.25, 0.3) is 22.1 Å². The van der Waals surface area contributed by atoms with Crippen LogP contribution in [-0.2, 0) is 11.3 Å². The van der Waals surface area contributed by atoms with Gasteiger partial charge in [-0.15, -0.1) is 10.2 Å². The molecule has 0 fully saturated rings. The third-order valence-electron chi connectivity index (χ3n) is 5.99. The number of nitrogens with one attached hydrogen (secondary N) is 1. The summed E-state index contributed by atoms with van der Waals surface area (Å²) in [5.74, 6) is 0.997. The molecule has 0 bridgehead atoms. The number of carbonyl (C=O) groups excluding carboxylic acids is 1. The second-order valence-corrected chi connectivity index (χ2v) is 9.54. The third kappa shape index (κ3) is 5.53. The van der Waals surface area contributed by atoms with E-state index in [1.807, 2.05) is 13.0 Å². The van der Waals surface area contributed by atoms with E-state index in [1.165, 1.54) is 11.1 Å². The molecule has 4 aromatic rings. The number of aromatic nitrogens is 4. The lowest BCUT2D eigenvalue weighted by molar-refractivity contribution is -0.121. The Morgan fingerprint density at radius 3 is 2.70 bits per heavy atom. The first kappa shape index (κ1) is 23.2. The number of benzene rings is 2. The highest BCUT2D eigenvalue weighted by molar-refractivity contribution is 7.99. The van der Waals surface area contributed by atoms with Crippen LogP contribution < -0.4 is 5.32 Å². The highest BCUT2D eigenvalue weighted by Gasteiger charge is 2.15. The fraction of sp³-hybridized carbons (Fsp3) is 0.385. The number of para-hydroxylation sites is 1. The molecular weight excluding hydrogens is 430 g/mol. The maximum atomic E-state index is 11.9. The number of hydrogen-bond donors (Lipinski definition) is 1. The number of carbonyl (C=O) groups is 1. The van der Waals surface area contributed by atoms with Crippen molar-refractivity contribution in [2.75, 3.05) is 5.75 Å². The summed E-state index contributed by atoms with van der Waals surface area (Å²) in [6, 6.07) is 17.0. The molecule has 0 radical (unpaired) electrons. The van der Waals surface area contributed by atoms with Crippen LogP contribution >= 0.6 is 11.8 Å². The Bertz CT molecular complexity index is 1250. The fourth-order valence-electron chi connectivity index (χ4n) is 3.87. The minimum atomic E-state index is 0.134. The Hall–Kier alpha value is -2.93. The number of nitrogens with zero attached hydrogens (tertiary/aromatic N) is 4. The van der Waals surface area contributed by atoms with Gasteiger partial charge in [0.05, 0.1) is 5.52 Å². The van der Waals surface area contributed by atoms with E-state index in [4.69, 9.17) is 4.98 Å². The average Bonchev–Trinajstić information content (AvgIpc) is 3.13. The predicted octanol–water partition coefficient (Wildman–Crippen LogP) is 5.51. The van der Waals surface area contributed by atoms with Gasteiger partial charge in [0.25, 0.3) is 0 Å². The van der Waals surface area contributed by atoms with Gasteiger partial charge in [0, 0.05) is 30.1 Å². The molecule has 0 aliphatic heterocycles. The Balaban J connectivity index is 1.48. The molecule has 1 unspecified atom stereocenters. The van der Waals surface area contributed by atoms with E-state index in [-0.39, 0.29) is 11.9 Å². The van der Waals surface area contributed by atoms with Gasteiger partial charge in [-0.25, -0.2) is 4.98 Å². The lowest BCUT2D eigenvalue weighted by Crippen LogP contribution is -2.31. The molecule has 7 heteroatoms. The van der Waals surface area contributed by atoms with Gasteiger partial charge in [0.2, 0.25) is 11.1 Å². The Morgan fingerprint density at radius 1 is 1.09 bits per heavy atom. The van der Waals surface area contributed by atoms with Crippen molar-refractivity contribution in [2.24, 2.45) is 0 Å². The molecule has 0 aliphatic rings. The number of fused-ring (bicyclic) bond motifs is 3. The van der Waals surface area contributed by atoms with Crippen LogP contribution in [0.15, 0.2) is 53.7 Å². The Kier molecular flexibility index (Phi) is 7.60. The Labute approximate surface area is 199 Å². The van der Waals surface area contributed by atoms with E-state index in [0.29, 0.717) is 11.6 Å². The van der Waals surface area contributed by atoms with E-state index < -0.39 is 0 Å². The largest absolute Gasteiger partial charge is 0.354 e. The summed E-state index contributed by atoms with van der Waals surface area (Å²) in [6.07, 6.45) is 3.31. The van der Waals surface area contributed by atoms with Crippen molar-refractivity contribution in [1.82, 2.24) is 25.1 Å². The average molecular weight is 462 g/mol. The third-order valence-corrected chi connectivity index (χ3v) is 6.92. The van der Waals surface area contributed by atoms with Crippen LogP contribution in [0.4, 0.5) is 0 Å². The Morgan fingerprint density at radius 2 is 1.88 bits per heavy atom. The fourth-order valence-corrected chi connectivity index (χ4v) is 4.65. The lowest BCUT2D eigenvalue weighted by Gasteiger charge is -2.11. The first-order valence-electron chi connectivity index (χ1n) is 11.6. The zero-order chi connectivity index (χ0) is 23.2. The first-order valence-corrected chi connectivity index (χ1v) is 12.6. The predicted molar refractivity (Wildman–Crippen MR) is 136 cm³/mol. The molecule has 172 valence electrons. The zero-order valence-electron chi connectivity index (χ0n) is 19.5. The molecule has 1 atom stereocenters. The molecule has 1 N–H and O–H groups in total. The van der Waals surface area contributed by atoms with E-state index in [9.17, 15) is 4.79 Å². The van der Waals surface area contributed by atoms with Crippen LogP contribution in [0.2, 0.25) is 0 Å². The van der Waals surface area contributed by atoms with Gasteiger partial charge in [-0.05, 0) is 50.3 Å². The number of rotatable bonds is 10. The SMILES string of the molecule is CCC(C)NC(=O)CCCCSc1nnc2c3ccccc3n(Cc3ccccc3C)c2n1. The van der Waals surface area contributed by atoms with Crippen LogP contribution in [0.1, 0.15) is 50.7 Å². The van der Waals surface area contributed by atoms with Gasteiger partial charge < -0.3 is 9.88 Å². The topological polar surface area (TPSA) is 72.7 Å². The van der Waals surface area contributed by atoms with Crippen molar-refractivity contribution >= 4 is 39.7 Å². The monoisotopic (exact) mass is 461 g/mol. The second kappa shape index (κ2) is 10.8.